The summed E-state index contributed by atoms with van der Waals surface area (Å²) in [4.78, 5) is 28.3. The maximum absolute atomic E-state index is 14.5. The number of carboxylic acids is 1. The van der Waals surface area contributed by atoms with Crippen molar-refractivity contribution in [3.8, 4) is 0 Å². The summed E-state index contributed by atoms with van der Waals surface area (Å²) in [6.07, 6.45) is 1.55. The van der Waals surface area contributed by atoms with E-state index in [1.807, 2.05) is 37.3 Å². The molecule has 1 saturated carbocycles. The Morgan fingerprint density at radius 3 is 2.30 bits per heavy atom. The van der Waals surface area contributed by atoms with E-state index in [0.717, 1.165) is 24.0 Å². The van der Waals surface area contributed by atoms with Gasteiger partial charge in [0.2, 0.25) is 5.91 Å². The van der Waals surface area contributed by atoms with Crippen molar-refractivity contribution >= 4 is 44.9 Å². The van der Waals surface area contributed by atoms with Crippen LogP contribution in [-0.2, 0) is 24.2 Å². The van der Waals surface area contributed by atoms with Gasteiger partial charge in [-0.1, -0.05) is 61.3 Å². The molecule has 1 N–H and O–H groups in total. The van der Waals surface area contributed by atoms with Crippen LogP contribution in [0.1, 0.15) is 62.6 Å². The number of carbonyl (C=O) groups is 2. The number of hydrogen-bond acceptors (Lipinski definition) is 5. The van der Waals surface area contributed by atoms with Crippen molar-refractivity contribution in [2.24, 2.45) is 16.7 Å². The minimum absolute atomic E-state index is 0.0129. The number of carboxylic acid groups (broad SMARTS) is 1. The van der Waals surface area contributed by atoms with Gasteiger partial charge in [0.1, 0.15) is 0 Å². The first-order valence-corrected chi connectivity index (χ1v) is 16.2. The van der Waals surface area contributed by atoms with Crippen molar-refractivity contribution in [2.45, 2.75) is 57.5 Å². The predicted molar refractivity (Wildman–Crippen MR) is 154 cm³/mol. The number of ether oxygens (including phenoxy) is 1. The smallest absolute Gasteiger partial charge is 0.304 e. The fourth-order valence-corrected chi connectivity index (χ4v) is 9.18. The molecule has 2 aromatic carbocycles. The Morgan fingerprint density at radius 2 is 1.75 bits per heavy atom. The maximum atomic E-state index is 14.5. The monoisotopic (exact) mass is 607 g/mol. The van der Waals surface area contributed by atoms with Crippen molar-refractivity contribution in [2.75, 3.05) is 24.7 Å². The number of likely N-dealkylation sites (tertiary alicyclic amines) is 1. The van der Waals surface area contributed by atoms with E-state index in [-0.39, 0.29) is 42.1 Å². The molecule has 2 saturated heterocycles. The first-order valence-electron chi connectivity index (χ1n) is 13.6. The summed E-state index contributed by atoms with van der Waals surface area (Å²) in [6, 6.07) is 13.6. The third-order valence-corrected chi connectivity index (χ3v) is 11.0. The van der Waals surface area contributed by atoms with Gasteiger partial charge in [-0.2, -0.15) is 0 Å². The quantitative estimate of drug-likeness (QED) is 0.368. The summed E-state index contributed by atoms with van der Waals surface area (Å²) < 4.78 is 32.6. The first-order chi connectivity index (χ1) is 18.8. The largest absolute Gasteiger partial charge is 0.481 e. The van der Waals surface area contributed by atoms with Gasteiger partial charge in [0.15, 0.2) is 9.84 Å². The number of hydrogen-bond donors (Lipinski definition) is 1. The Labute approximate surface area is 245 Å². The second kappa shape index (κ2) is 10.9. The lowest BCUT2D eigenvalue weighted by Gasteiger charge is -2.52. The molecule has 0 aromatic heterocycles. The average molecular weight is 609 g/mol. The van der Waals surface area contributed by atoms with Crippen molar-refractivity contribution in [1.82, 2.24) is 4.90 Å². The number of sulfone groups is 1. The molecule has 4 atom stereocenters. The number of carbonyl (C=O) groups excluding carboxylic acids is 1. The molecule has 1 amide bonds. The van der Waals surface area contributed by atoms with Crippen LogP contribution in [0.2, 0.25) is 10.0 Å². The number of nitrogens with zero attached hydrogens (tertiary/aromatic N) is 1. The minimum atomic E-state index is -3.57. The normalized spacial score (nSPS) is 27.2. The van der Waals surface area contributed by atoms with Gasteiger partial charge in [0, 0.05) is 27.4 Å². The number of halogens is 2. The van der Waals surface area contributed by atoms with Crippen LogP contribution < -0.4 is 0 Å². The van der Waals surface area contributed by atoms with E-state index in [9.17, 15) is 23.1 Å². The highest BCUT2D eigenvalue weighted by Gasteiger charge is 2.55. The summed E-state index contributed by atoms with van der Waals surface area (Å²) in [5.74, 6) is -1.87. The molecule has 2 aliphatic heterocycles. The second-order valence-corrected chi connectivity index (χ2v) is 15.5. The molecule has 10 heteroatoms. The third kappa shape index (κ3) is 6.20. The SMILES string of the molecule is CC1(CS(=O)(=O)CC(C2CC2)N2C(=O)[C@@](C)(CC(=O)O)C[C@H](c3cccc(Cl)c3)[C@H]2c2ccc(Cl)cc2)COC1. The number of benzene rings is 2. The van der Waals surface area contributed by atoms with E-state index in [2.05, 4.69) is 0 Å². The predicted octanol–water partition coefficient (Wildman–Crippen LogP) is 5.76. The molecular formula is C30H35Cl2NO6S. The minimum Gasteiger partial charge on any atom is -0.481 e. The fraction of sp³-hybridized carbons (Fsp3) is 0.533. The van der Waals surface area contributed by atoms with Crippen molar-refractivity contribution < 1.29 is 27.9 Å². The Morgan fingerprint density at radius 1 is 1.07 bits per heavy atom. The standard InChI is InChI=1S/C30H35Cl2NO6S/c1-29(16-39-17-29)18-40(37,38)15-25(19-6-7-19)33-27(20-8-10-22(31)11-9-20)24(21-4-3-5-23(32)12-21)13-30(2,28(33)36)14-26(34)35/h3-5,8-12,19,24-25,27H,6-7,13-18H2,1-2H3,(H,34,35)/t24-,25?,27-,30-/m1/s1. The van der Waals surface area contributed by atoms with Gasteiger partial charge >= 0.3 is 5.97 Å². The van der Waals surface area contributed by atoms with E-state index in [1.54, 1.807) is 30.0 Å². The molecule has 2 aromatic rings. The molecule has 2 heterocycles. The van der Waals surface area contributed by atoms with Crippen LogP contribution in [0.4, 0.5) is 0 Å². The molecule has 3 fully saturated rings. The van der Waals surface area contributed by atoms with E-state index < -0.39 is 38.7 Å². The summed E-state index contributed by atoms with van der Waals surface area (Å²) in [5.41, 5.74) is 0.0303. The Bertz CT molecular complexity index is 1390. The van der Waals surface area contributed by atoms with Crippen LogP contribution in [0.3, 0.4) is 0 Å². The van der Waals surface area contributed by atoms with Crippen molar-refractivity contribution in [3.05, 3.63) is 69.7 Å². The molecule has 0 bridgehead atoms. The number of rotatable bonds is 10. The van der Waals surface area contributed by atoms with Gasteiger partial charge in [-0.05, 0) is 60.6 Å². The van der Waals surface area contributed by atoms with Crippen LogP contribution in [0, 0.1) is 16.7 Å². The first kappa shape index (κ1) is 29.4. The Hall–Kier alpha value is -2.13. The lowest BCUT2D eigenvalue weighted by molar-refractivity contribution is -0.160. The zero-order chi connectivity index (χ0) is 28.9. The van der Waals surface area contributed by atoms with Gasteiger partial charge in [0.25, 0.3) is 0 Å². The van der Waals surface area contributed by atoms with Crippen LogP contribution in [0.25, 0.3) is 0 Å². The molecule has 7 nitrogen and oxygen atoms in total. The lowest BCUT2D eigenvalue weighted by atomic mass is 9.67. The number of amides is 1. The molecule has 40 heavy (non-hydrogen) atoms. The third-order valence-electron chi connectivity index (χ3n) is 8.55. The van der Waals surface area contributed by atoms with Gasteiger partial charge in [0.05, 0.1) is 42.6 Å². The Kier molecular flexibility index (Phi) is 8.03. The average Bonchev–Trinajstić information content (AvgIpc) is 3.69. The fourth-order valence-electron chi connectivity index (χ4n) is 6.55. The van der Waals surface area contributed by atoms with Crippen molar-refractivity contribution in [1.29, 1.82) is 0 Å². The maximum Gasteiger partial charge on any atom is 0.304 e. The highest BCUT2D eigenvalue weighted by atomic mass is 35.5. The van der Waals surface area contributed by atoms with Gasteiger partial charge < -0.3 is 14.7 Å². The van der Waals surface area contributed by atoms with E-state index >= 15 is 0 Å². The molecule has 5 rings (SSSR count). The molecule has 0 spiro atoms. The topological polar surface area (TPSA) is 101 Å². The summed E-state index contributed by atoms with van der Waals surface area (Å²) >= 11 is 12.6. The molecule has 1 unspecified atom stereocenters. The zero-order valence-corrected chi connectivity index (χ0v) is 25.0. The molecule has 216 valence electrons. The van der Waals surface area contributed by atoms with Gasteiger partial charge in [-0.15, -0.1) is 0 Å². The van der Waals surface area contributed by atoms with E-state index in [1.165, 1.54) is 0 Å². The number of piperidine rings is 1. The highest BCUT2D eigenvalue weighted by molar-refractivity contribution is 7.91. The highest BCUT2D eigenvalue weighted by Crippen LogP contribution is 2.54. The van der Waals surface area contributed by atoms with E-state index in [0.29, 0.717) is 23.3 Å². The molecule has 3 aliphatic rings. The summed E-state index contributed by atoms with van der Waals surface area (Å²) in [6.45, 7) is 4.38. The van der Waals surface area contributed by atoms with Crippen LogP contribution in [-0.4, -0.2) is 61.1 Å². The van der Waals surface area contributed by atoms with Gasteiger partial charge in [-0.25, -0.2) is 8.42 Å². The molecule has 0 radical (unpaired) electrons. The zero-order valence-electron chi connectivity index (χ0n) is 22.7. The van der Waals surface area contributed by atoms with Gasteiger partial charge in [-0.3, -0.25) is 9.59 Å². The van der Waals surface area contributed by atoms with Crippen LogP contribution >= 0.6 is 23.2 Å². The summed E-state index contributed by atoms with van der Waals surface area (Å²) in [7, 11) is -3.57. The Balaban J connectivity index is 1.64. The van der Waals surface area contributed by atoms with Crippen molar-refractivity contribution in [3.63, 3.8) is 0 Å². The second-order valence-electron chi connectivity index (χ2n) is 12.5. The molecular weight excluding hydrogens is 573 g/mol. The lowest BCUT2D eigenvalue weighted by Crippen LogP contribution is -2.58. The summed E-state index contributed by atoms with van der Waals surface area (Å²) in [5, 5.41) is 10.9. The molecule has 1 aliphatic carbocycles. The van der Waals surface area contributed by atoms with E-state index in [4.69, 9.17) is 27.9 Å². The number of aliphatic carboxylic acids is 1. The van der Waals surface area contributed by atoms with Crippen LogP contribution in [0.15, 0.2) is 48.5 Å². The van der Waals surface area contributed by atoms with Crippen LogP contribution in [0.5, 0.6) is 0 Å².